The van der Waals surface area contributed by atoms with Crippen LogP contribution >= 0.6 is 11.3 Å². The number of carbonyl (C=O) groups is 1. The first kappa shape index (κ1) is 15.5. The van der Waals surface area contributed by atoms with E-state index >= 15 is 0 Å². The van der Waals surface area contributed by atoms with Gasteiger partial charge >= 0.3 is 5.97 Å². The number of hydrogen-bond acceptors (Lipinski definition) is 4. The van der Waals surface area contributed by atoms with Gasteiger partial charge in [-0.05, 0) is 43.2 Å². The summed E-state index contributed by atoms with van der Waals surface area (Å²) in [6.07, 6.45) is 0. The average molecular weight is 305 g/mol. The number of methoxy groups -OCH3 is 1. The third-order valence-corrected chi connectivity index (χ3v) is 4.53. The molecule has 4 nitrogen and oxygen atoms in total. The van der Waals surface area contributed by atoms with Crippen LogP contribution in [-0.2, 0) is 6.54 Å². The summed E-state index contributed by atoms with van der Waals surface area (Å²) >= 11 is 1.32. The van der Waals surface area contributed by atoms with Crippen LogP contribution in [0.25, 0.3) is 0 Å². The van der Waals surface area contributed by atoms with Crippen LogP contribution in [-0.4, -0.2) is 18.2 Å². The van der Waals surface area contributed by atoms with Gasteiger partial charge in [0.2, 0.25) is 0 Å². The molecule has 0 aliphatic heterocycles. The SMILES string of the molecule is COc1ccc([C@H](C)NCc2cc(C(=O)O)sc2C)cc1. The monoisotopic (exact) mass is 305 g/mol. The van der Waals surface area contributed by atoms with E-state index in [0.717, 1.165) is 16.2 Å². The highest BCUT2D eigenvalue weighted by Crippen LogP contribution is 2.23. The lowest BCUT2D eigenvalue weighted by Crippen LogP contribution is -2.18. The van der Waals surface area contributed by atoms with Gasteiger partial charge in [0.05, 0.1) is 7.11 Å². The fourth-order valence-electron chi connectivity index (χ4n) is 2.07. The molecule has 1 heterocycles. The molecule has 0 saturated carbocycles. The van der Waals surface area contributed by atoms with Crippen LogP contribution in [0.15, 0.2) is 30.3 Å². The molecule has 0 radical (unpaired) electrons. The molecule has 0 bridgehead atoms. The molecule has 1 aromatic carbocycles. The maximum atomic E-state index is 11.0. The zero-order valence-electron chi connectivity index (χ0n) is 12.3. The van der Waals surface area contributed by atoms with Crippen molar-refractivity contribution in [1.29, 1.82) is 0 Å². The van der Waals surface area contributed by atoms with Crippen molar-refractivity contribution in [1.82, 2.24) is 5.32 Å². The van der Waals surface area contributed by atoms with E-state index in [2.05, 4.69) is 12.2 Å². The predicted molar refractivity (Wildman–Crippen MR) is 84.3 cm³/mol. The Morgan fingerprint density at radius 3 is 2.57 bits per heavy atom. The first-order valence-corrected chi connectivity index (χ1v) is 7.53. The van der Waals surface area contributed by atoms with Crippen molar-refractivity contribution in [3.05, 3.63) is 51.2 Å². The normalized spacial score (nSPS) is 12.1. The van der Waals surface area contributed by atoms with Crippen LogP contribution in [0, 0.1) is 6.92 Å². The molecule has 0 aliphatic rings. The maximum absolute atomic E-state index is 11.0. The Balaban J connectivity index is 1.99. The van der Waals surface area contributed by atoms with Gasteiger partial charge < -0.3 is 15.2 Å². The molecule has 2 aromatic rings. The first-order chi connectivity index (χ1) is 10.0. The van der Waals surface area contributed by atoms with E-state index in [4.69, 9.17) is 9.84 Å². The van der Waals surface area contributed by atoms with E-state index in [0.29, 0.717) is 11.4 Å². The number of nitrogens with one attached hydrogen (secondary N) is 1. The maximum Gasteiger partial charge on any atom is 0.345 e. The lowest BCUT2D eigenvalue weighted by molar-refractivity contribution is 0.0702. The van der Waals surface area contributed by atoms with Crippen molar-refractivity contribution < 1.29 is 14.6 Å². The summed E-state index contributed by atoms with van der Waals surface area (Å²) in [4.78, 5) is 12.4. The third-order valence-electron chi connectivity index (χ3n) is 3.45. The number of aryl methyl sites for hydroxylation is 1. The fourth-order valence-corrected chi connectivity index (χ4v) is 2.95. The second-order valence-electron chi connectivity index (χ2n) is 4.87. The highest BCUT2D eigenvalue weighted by molar-refractivity contribution is 7.14. The Labute approximate surface area is 128 Å². The van der Waals surface area contributed by atoms with Crippen molar-refractivity contribution in [3.63, 3.8) is 0 Å². The molecule has 1 atom stereocenters. The minimum absolute atomic E-state index is 0.184. The molecular weight excluding hydrogens is 286 g/mol. The minimum atomic E-state index is -0.863. The van der Waals surface area contributed by atoms with Gasteiger partial charge in [-0.1, -0.05) is 12.1 Å². The predicted octanol–water partition coefficient (Wildman–Crippen LogP) is 3.61. The third kappa shape index (κ3) is 3.83. The van der Waals surface area contributed by atoms with E-state index in [9.17, 15) is 4.79 Å². The number of carboxylic acid groups (broad SMARTS) is 1. The Morgan fingerprint density at radius 2 is 2.05 bits per heavy atom. The van der Waals surface area contributed by atoms with Crippen molar-refractivity contribution in [2.24, 2.45) is 0 Å². The standard InChI is InChI=1S/C16H19NO3S/c1-10(12-4-6-14(20-3)7-5-12)17-9-13-8-15(16(18)19)21-11(13)2/h4-8,10,17H,9H2,1-3H3,(H,18,19)/t10-/m0/s1. The number of carboxylic acids is 1. The molecule has 0 saturated heterocycles. The van der Waals surface area contributed by atoms with Crippen molar-refractivity contribution in [2.75, 3.05) is 7.11 Å². The van der Waals surface area contributed by atoms with Gasteiger partial charge in [-0.3, -0.25) is 0 Å². The van der Waals surface area contributed by atoms with Gasteiger partial charge in [0, 0.05) is 17.5 Å². The fraction of sp³-hybridized carbons (Fsp3) is 0.312. The second-order valence-corrected chi connectivity index (χ2v) is 6.13. The molecular formula is C16H19NO3S. The number of thiophene rings is 1. The Morgan fingerprint density at radius 1 is 1.38 bits per heavy atom. The van der Waals surface area contributed by atoms with Crippen LogP contribution < -0.4 is 10.1 Å². The first-order valence-electron chi connectivity index (χ1n) is 6.71. The van der Waals surface area contributed by atoms with Gasteiger partial charge in [0.15, 0.2) is 0 Å². The lowest BCUT2D eigenvalue weighted by Gasteiger charge is -2.14. The van der Waals surface area contributed by atoms with Crippen molar-refractivity contribution >= 4 is 17.3 Å². The van der Waals surface area contributed by atoms with E-state index in [1.165, 1.54) is 16.9 Å². The Bertz CT molecular complexity index is 619. The molecule has 0 unspecified atom stereocenters. The number of ether oxygens (including phenoxy) is 1. The second kappa shape index (κ2) is 6.74. The summed E-state index contributed by atoms with van der Waals surface area (Å²) in [5, 5.41) is 12.4. The van der Waals surface area contributed by atoms with Gasteiger partial charge in [0.1, 0.15) is 10.6 Å². The average Bonchev–Trinajstić information content (AvgIpc) is 2.86. The Kier molecular flexibility index (Phi) is 4.98. The number of rotatable bonds is 6. The van der Waals surface area contributed by atoms with Gasteiger partial charge in [0.25, 0.3) is 0 Å². The summed E-state index contributed by atoms with van der Waals surface area (Å²) in [5.41, 5.74) is 2.21. The summed E-state index contributed by atoms with van der Waals surface area (Å²) in [6, 6.07) is 9.86. The number of benzene rings is 1. The zero-order valence-corrected chi connectivity index (χ0v) is 13.2. The Hall–Kier alpha value is -1.85. The molecule has 2 rings (SSSR count). The largest absolute Gasteiger partial charge is 0.497 e. The topological polar surface area (TPSA) is 58.6 Å². The molecule has 2 N–H and O–H groups in total. The van der Waals surface area contributed by atoms with Crippen LogP contribution in [0.1, 0.15) is 38.6 Å². The van der Waals surface area contributed by atoms with E-state index in [1.807, 2.05) is 31.2 Å². The zero-order chi connectivity index (χ0) is 15.4. The summed E-state index contributed by atoms with van der Waals surface area (Å²) < 4.78 is 5.14. The lowest BCUT2D eigenvalue weighted by atomic mass is 10.1. The highest BCUT2D eigenvalue weighted by Gasteiger charge is 2.12. The number of aromatic carboxylic acids is 1. The minimum Gasteiger partial charge on any atom is -0.497 e. The van der Waals surface area contributed by atoms with Crippen molar-refractivity contribution in [3.8, 4) is 5.75 Å². The van der Waals surface area contributed by atoms with Gasteiger partial charge in [-0.25, -0.2) is 4.79 Å². The molecule has 0 fully saturated rings. The smallest absolute Gasteiger partial charge is 0.345 e. The van der Waals surface area contributed by atoms with E-state index in [1.54, 1.807) is 13.2 Å². The van der Waals surface area contributed by atoms with Crippen molar-refractivity contribution in [2.45, 2.75) is 26.4 Å². The van der Waals surface area contributed by atoms with E-state index in [-0.39, 0.29) is 6.04 Å². The van der Waals surface area contributed by atoms with Crippen LogP contribution in [0.2, 0.25) is 0 Å². The van der Waals surface area contributed by atoms with E-state index < -0.39 is 5.97 Å². The molecule has 112 valence electrons. The molecule has 0 amide bonds. The van der Waals surface area contributed by atoms with Gasteiger partial charge in [-0.15, -0.1) is 11.3 Å². The quantitative estimate of drug-likeness (QED) is 0.856. The molecule has 0 spiro atoms. The molecule has 1 aromatic heterocycles. The van der Waals surface area contributed by atoms with Gasteiger partial charge in [-0.2, -0.15) is 0 Å². The summed E-state index contributed by atoms with van der Waals surface area (Å²) in [7, 11) is 1.65. The number of hydrogen-bond donors (Lipinski definition) is 2. The molecule has 5 heteroatoms. The molecule has 21 heavy (non-hydrogen) atoms. The molecule has 0 aliphatic carbocycles. The summed E-state index contributed by atoms with van der Waals surface area (Å²) in [5.74, 6) is -0.0247. The van der Waals surface area contributed by atoms with Crippen LogP contribution in [0.4, 0.5) is 0 Å². The highest BCUT2D eigenvalue weighted by atomic mass is 32.1. The van der Waals surface area contributed by atoms with Crippen LogP contribution in [0.3, 0.4) is 0 Å². The van der Waals surface area contributed by atoms with Crippen LogP contribution in [0.5, 0.6) is 5.75 Å². The summed E-state index contributed by atoms with van der Waals surface area (Å²) in [6.45, 7) is 4.69.